The van der Waals surface area contributed by atoms with E-state index in [0.717, 1.165) is 35.1 Å². The first-order valence-corrected chi connectivity index (χ1v) is 11.1. The number of thioether (sulfide) groups is 1. The Morgan fingerprint density at radius 2 is 1.80 bits per heavy atom. The van der Waals surface area contributed by atoms with Crippen molar-refractivity contribution in [2.75, 3.05) is 5.75 Å². The number of carbonyl (C=O) groups is 2. The molecule has 1 aliphatic carbocycles. The molecular formula is C23H24N4O2S. The first kappa shape index (κ1) is 20.3. The van der Waals surface area contributed by atoms with E-state index in [2.05, 4.69) is 20.1 Å². The third-order valence-corrected chi connectivity index (χ3v) is 6.03. The third-order valence-electron chi connectivity index (χ3n) is 5.10. The van der Waals surface area contributed by atoms with E-state index in [1.165, 1.54) is 18.7 Å². The molecule has 0 radical (unpaired) electrons. The predicted octanol–water partition coefficient (Wildman–Crippen LogP) is 4.32. The number of Topliss-reactive ketones (excluding diaryl/α,β-unsaturated/α-hetero) is 1. The monoisotopic (exact) mass is 420 g/mol. The lowest BCUT2D eigenvalue weighted by Crippen LogP contribution is -2.23. The molecule has 1 fully saturated rings. The minimum absolute atomic E-state index is 0.0364. The van der Waals surface area contributed by atoms with Crippen molar-refractivity contribution in [3.8, 4) is 5.69 Å². The summed E-state index contributed by atoms with van der Waals surface area (Å²) >= 11 is 1.41. The zero-order chi connectivity index (χ0) is 21.1. The molecule has 0 aliphatic heterocycles. The van der Waals surface area contributed by atoms with Gasteiger partial charge in [0.2, 0.25) is 5.91 Å². The van der Waals surface area contributed by atoms with E-state index in [0.29, 0.717) is 11.5 Å². The molecule has 6 nitrogen and oxygen atoms in total. The van der Waals surface area contributed by atoms with Crippen LogP contribution in [0.5, 0.6) is 0 Å². The summed E-state index contributed by atoms with van der Waals surface area (Å²) in [5, 5.41) is 12.4. The van der Waals surface area contributed by atoms with Crippen molar-refractivity contribution in [1.82, 2.24) is 20.1 Å². The van der Waals surface area contributed by atoms with Crippen LogP contribution in [0.15, 0.2) is 59.8 Å². The average molecular weight is 421 g/mol. The van der Waals surface area contributed by atoms with Crippen molar-refractivity contribution >= 4 is 23.5 Å². The summed E-state index contributed by atoms with van der Waals surface area (Å²) in [6.07, 6.45) is 2.27. The Hall–Kier alpha value is -2.93. The van der Waals surface area contributed by atoms with Gasteiger partial charge >= 0.3 is 0 Å². The highest BCUT2D eigenvalue weighted by atomic mass is 32.2. The molecule has 1 saturated carbocycles. The maximum absolute atomic E-state index is 12.7. The van der Waals surface area contributed by atoms with Crippen LogP contribution in [-0.4, -0.2) is 32.2 Å². The largest absolute Gasteiger partial charge is 0.350 e. The zero-order valence-electron chi connectivity index (χ0n) is 17.0. The van der Waals surface area contributed by atoms with Gasteiger partial charge in [0.05, 0.1) is 11.8 Å². The van der Waals surface area contributed by atoms with Gasteiger partial charge in [0, 0.05) is 24.1 Å². The Kier molecular flexibility index (Phi) is 5.99. The van der Waals surface area contributed by atoms with Gasteiger partial charge in [0.15, 0.2) is 10.9 Å². The normalized spacial score (nSPS) is 14.3. The van der Waals surface area contributed by atoms with Gasteiger partial charge in [-0.3, -0.25) is 14.2 Å². The van der Waals surface area contributed by atoms with Crippen molar-refractivity contribution in [2.45, 2.75) is 43.8 Å². The first-order valence-electron chi connectivity index (χ1n) is 10.1. The molecule has 0 bridgehead atoms. The molecule has 1 amide bonds. The lowest BCUT2D eigenvalue weighted by Gasteiger charge is -2.13. The van der Waals surface area contributed by atoms with Gasteiger partial charge in [-0.2, -0.15) is 0 Å². The van der Waals surface area contributed by atoms with E-state index >= 15 is 0 Å². The highest BCUT2D eigenvalue weighted by molar-refractivity contribution is 7.99. The van der Waals surface area contributed by atoms with Gasteiger partial charge in [0.25, 0.3) is 0 Å². The Balaban J connectivity index is 1.46. The number of hydrogen-bond donors (Lipinski definition) is 1. The number of nitrogens with one attached hydrogen (secondary N) is 1. The Bertz CT molecular complexity index is 1040. The molecule has 3 aromatic rings. The fourth-order valence-electron chi connectivity index (χ4n) is 3.36. The molecule has 154 valence electrons. The summed E-state index contributed by atoms with van der Waals surface area (Å²) < 4.78 is 2.08. The first-order chi connectivity index (χ1) is 14.5. The fraction of sp³-hybridized carbons (Fsp3) is 0.304. The number of ketones is 1. The molecule has 7 heteroatoms. The second kappa shape index (κ2) is 8.83. The van der Waals surface area contributed by atoms with E-state index in [-0.39, 0.29) is 23.5 Å². The van der Waals surface area contributed by atoms with Crippen LogP contribution in [0.1, 0.15) is 60.4 Å². The number of amides is 1. The van der Waals surface area contributed by atoms with Crippen LogP contribution in [-0.2, 0) is 4.79 Å². The lowest BCUT2D eigenvalue weighted by atomic mass is 10.0. The van der Waals surface area contributed by atoms with Crippen LogP contribution in [0.4, 0.5) is 0 Å². The smallest absolute Gasteiger partial charge is 0.217 e. The molecule has 0 spiro atoms. The van der Waals surface area contributed by atoms with E-state index in [9.17, 15) is 9.59 Å². The maximum Gasteiger partial charge on any atom is 0.217 e. The molecule has 1 unspecified atom stereocenters. The van der Waals surface area contributed by atoms with E-state index in [1.54, 1.807) is 0 Å². The number of carbonyl (C=O) groups excluding carboxylic acids is 2. The topological polar surface area (TPSA) is 76.9 Å². The summed E-state index contributed by atoms with van der Waals surface area (Å²) in [6, 6.07) is 17.4. The average Bonchev–Trinajstić information content (AvgIpc) is 3.51. The van der Waals surface area contributed by atoms with Gasteiger partial charge in [-0.25, -0.2) is 0 Å². The van der Waals surface area contributed by atoms with Gasteiger partial charge in [-0.05, 0) is 37.5 Å². The predicted molar refractivity (Wildman–Crippen MR) is 117 cm³/mol. The number of para-hydroxylation sites is 1. The SMILES string of the molecule is CC(=O)NC(C)c1ccc(C(=O)CSc2nnc(C3CC3)n2-c2ccccc2)cc1. The van der Waals surface area contributed by atoms with Crippen molar-refractivity contribution in [3.63, 3.8) is 0 Å². The number of benzene rings is 2. The fourth-order valence-corrected chi connectivity index (χ4v) is 4.21. The molecule has 1 atom stereocenters. The van der Waals surface area contributed by atoms with E-state index in [1.807, 2.05) is 61.5 Å². The van der Waals surface area contributed by atoms with Crippen molar-refractivity contribution < 1.29 is 9.59 Å². The zero-order valence-corrected chi connectivity index (χ0v) is 17.9. The van der Waals surface area contributed by atoms with Crippen molar-refractivity contribution in [3.05, 3.63) is 71.5 Å². The summed E-state index contributed by atoms with van der Waals surface area (Å²) in [5.41, 5.74) is 2.64. The summed E-state index contributed by atoms with van der Waals surface area (Å²) in [4.78, 5) is 23.9. The van der Waals surface area contributed by atoms with E-state index in [4.69, 9.17) is 0 Å². The second-order valence-electron chi connectivity index (χ2n) is 7.54. The van der Waals surface area contributed by atoms with Crippen LogP contribution in [0.2, 0.25) is 0 Å². The molecule has 2 aromatic carbocycles. The molecule has 1 aromatic heterocycles. The molecule has 0 saturated heterocycles. The summed E-state index contributed by atoms with van der Waals surface area (Å²) in [7, 11) is 0. The minimum atomic E-state index is -0.0914. The van der Waals surface area contributed by atoms with Crippen LogP contribution < -0.4 is 5.32 Å². The number of rotatable bonds is 8. The van der Waals surface area contributed by atoms with Crippen LogP contribution in [0.25, 0.3) is 5.69 Å². The lowest BCUT2D eigenvalue weighted by molar-refractivity contribution is -0.119. The minimum Gasteiger partial charge on any atom is -0.350 e. The van der Waals surface area contributed by atoms with Gasteiger partial charge in [-0.1, -0.05) is 54.2 Å². The van der Waals surface area contributed by atoms with Gasteiger partial charge in [0.1, 0.15) is 5.82 Å². The van der Waals surface area contributed by atoms with Crippen LogP contribution in [0, 0.1) is 0 Å². The van der Waals surface area contributed by atoms with Gasteiger partial charge < -0.3 is 5.32 Å². The second-order valence-corrected chi connectivity index (χ2v) is 8.48. The molecule has 30 heavy (non-hydrogen) atoms. The summed E-state index contributed by atoms with van der Waals surface area (Å²) in [6.45, 7) is 3.41. The summed E-state index contributed by atoms with van der Waals surface area (Å²) in [5.74, 6) is 1.69. The standard InChI is InChI=1S/C23H24N4O2S/c1-15(24-16(2)28)17-8-10-18(11-9-17)21(29)14-30-23-26-25-22(19-12-13-19)27(23)20-6-4-3-5-7-20/h3-11,15,19H,12-14H2,1-2H3,(H,24,28). The van der Waals surface area contributed by atoms with Crippen LogP contribution in [0.3, 0.4) is 0 Å². The highest BCUT2D eigenvalue weighted by Gasteiger charge is 2.31. The van der Waals surface area contributed by atoms with Gasteiger partial charge in [-0.15, -0.1) is 10.2 Å². The Morgan fingerprint density at radius 3 is 2.43 bits per heavy atom. The van der Waals surface area contributed by atoms with E-state index < -0.39 is 0 Å². The maximum atomic E-state index is 12.7. The molecule has 4 rings (SSSR count). The van der Waals surface area contributed by atoms with Crippen LogP contribution >= 0.6 is 11.8 Å². The van der Waals surface area contributed by atoms with Crippen molar-refractivity contribution in [1.29, 1.82) is 0 Å². The number of nitrogens with zero attached hydrogens (tertiary/aromatic N) is 3. The quantitative estimate of drug-likeness (QED) is 0.434. The number of aromatic nitrogens is 3. The molecule has 1 heterocycles. The third kappa shape index (κ3) is 4.62. The molecule has 1 N–H and O–H groups in total. The van der Waals surface area contributed by atoms with Crippen molar-refractivity contribution in [2.24, 2.45) is 0 Å². The number of hydrogen-bond acceptors (Lipinski definition) is 5. The Labute approximate surface area is 180 Å². The molecule has 1 aliphatic rings. The molecular weight excluding hydrogens is 396 g/mol. The highest BCUT2D eigenvalue weighted by Crippen LogP contribution is 2.41. The Morgan fingerprint density at radius 1 is 1.10 bits per heavy atom.